The summed E-state index contributed by atoms with van der Waals surface area (Å²) in [5.74, 6) is 1.07. The minimum atomic E-state index is -0.631. The molecule has 65 heavy (non-hydrogen) atoms. The highest BCUT2D eigenvalue weighted by atomic mass is 16.5. The highest BCUT2D eigenvalue weighted by Crippen LogP contribution is 2.45. The molecule has 3 unspecified atom stereocenters. The van der Waals surface area contributed by atoms with Crippen molar-refractivity contribution in [2.45, 2.75) is 109 Å². The standard InChI is InChI=1S/C54H65N5O6/c1-2-45(38-12-8-7-9-13-38)51(39-14-18-42(60)19-15-39)40-16-20-43(21-17-40)64-33-32-57-28-30-58(31-29-57)49-35-54(26-10-5-3-4-6-11-27-54)48(36-55-49)65-44-22-23-46-41(34-44)37-59(53(46)63)47-24-25-50(61)56-52(47)62/h7-9,12-23,34,47-49,55,60H,2-6,10-11,24-33,35-37H2,1H3,(H,56,61,62)/b51-45-. The minimum Gasteiger partial charge on any atom is -0.508 e. The first-order chi connectivity index (χ1) is 31.8. The van der Waals surface area contributed by atoms with E-state index in [1.807, 2.05) is 36.4 Å². The Morgan fingerprint density at radius 2 is 1.46 bits per heavy atom. The van der Waals surface area contributed by atoms with Gasteiger partial charge in [0.25, 0.3) is 5.91 Å². The number of hydrogen-bond acceptors (Lipinski definition) is 9. The third-order valence-corrected chi connectivity index (χ3v) is 14.8. The first-order valence-corrected chi connectivity index (χ1v) is 24.2. The second kappa shape index (κ2) is 20.4. The van der Waals surface area contributed by atoms with E-state index in [1.165, 1.54) is 49.7 Å². The molecule has 3 N–H and O–H groups in total. The fourth-order valence-corrected chi connectivity index (χ4v) is 11.2. The minimum absolute atomic E-state index is 0.0127. The van der Waals surface area contributed by atoms with E-state index >= 15 is 0 Å². The van der Waals surface area contributed by atoms with Crippen LogP contribution in [0.15, 0.2) is 97.1 Å². The number of phenolic OH excluding ortho intramolecular Hbond substituents is 1. The van der Waals surface area contributed by atoms with Gasteiger partial charge < -0.3 is 19.5 Å². The lowest BCUT2D eigenvalue weighted by Gasteiger charge is -2.51. The van der Waals surface area contributed by atoms with Crippen LogP contribution in [0.1, 0.15) is 117 Å². The molecule has 342 valence electrons. The molecule has 1 aliphatic carbocycles. The van der Waals surface area contributed by atoms with Crippen LogP contribution in [0.4, 0.5) is 0 Å². The molecular formula is C54H65N5O6. The molecule has 3 amide bonds. The number of carbonyl (C=O) groups excluding carboxylic acids is 3. The number of phenols is 1. The fourth-order valence-electron chi connectivity index (χ4n) is 11.2. The van der Waals surface area contributed by atoms with Crippen molar-refractivity contribution in [3.63, 3.8) is 0 Å². The number of fused-ring (bicyclic) bond motifs is 1. The molecular weight excluding hydrogens is 815 g/mol. The SMILES string of the molecule is CC/C(=C(\c1ccc(O)cc1)c1ccc(OCCN2CCN(C3CC4(CCCCCCCC4)C(Oc4ccc5c(c4)CN(C4CCC(=O)NC4=O)C5=O)CN3)CC2)cc1)c1ccccc1. The van der Waals surface area contributed by atoms with Crippen LogP contribution in [0, 0.1) is 5.41 Å². The van der Waals surface area contributed by atoms with Crippen molar-refractivity contribution in [1.29, 1.82) is 0 Å². The fraction of sp³-hybridized carbons (Fsp3) is 0.463. The largest absolute Gasteiger partial charge is 0.508 e. The Morgan fingerprint density at radius 1 is 0.785 bits per heavy atom. The van der Waals surface area contributed by atoms with Gasteiger partial charge in [-0.3, -0.25) is 34.8 Å². The summed E-state index contributed by atoms with van der Waals surface area (Å²) in [6.07, 6.45) is 12.7. The van der Waals surface area contributed by atoms with Crippen LogP contribution < -0.4 is 20.1 Å². The van der Waals surface area contributed by atoms with Crippen molar-refractivity contribution in [2.24, 2.45) is 5.41 Å². The van der Waals surface area contributed by atoms with Crippen molar-refractivity contribution in [3.8, 4) is 17.2 Å². The Hall–Kier alpha value is -5.49. The van der Waals surface area contributed by atoms with Gasteiger partial charge in [0.1, 0.15) is 36.0 Å². The third kappa shape index (κ3) is 10.2. The van der Waals surface area contributed by atoms with Crippen molar-refractivity contribution in [2.75, 3.05) is 45.9 Å². The highest BCUT2D eigenvalue weighted by molar-refractivity contribution is 6.05. The summed E-state index contributed by atoms with van der Waals surface area (Å²) in [6.45, 7) is 8.81. The van der Waals surface area contributed by atoms with Crippen LogP contribution in [-0.4, -0.2) is 102 Å². The summed E-state index contributed by atoms with van der Waals surface area (Å²) in [4.78, 5) is 44.6. The van der Waals surface area contributed by atoms with Crippen molar-refractivity contribution in [1.82, 2.24) is 25.3 Å². The zero-order valence-electron chi connectivity index (χ0n) is 37.9. The number of piperazine rings is 1. The Kier molecular flexibility index (Phi) is 14.0. The van der Waals surface area contributed by atoms with Crippen LogP contribution in [0.5, 0.6) is 17.2 Å². The lowest BCUT2D eigenvalue weighted by molar-refractivity contribution is -0.136. The Bertz CT molecular complexity index is 2310. The van der Waals surface area contributed by atoms with Gasteiger partial charge in [-0.1, -0.05) is 100 Å². The molecule has 4 aromatic carbocycles. The average molecular weight is 880 g/mol. The summed E-state index contributed by atoms with van der Waals surface area (Å²) in [5, 5.41) is 16.4. The molecule has 11 heteroatoms. The van der Waals surface area contributed by atoms with Gasteiger partial charge in [-0.05, 0) is 108 Å². The number of nitrogens with one attached hydrogen (secondary N) is 2. The molecule has 4 aliphatic heterocycles. The maximum Gasteiger partial charge on any atom is 0.255 e. The number of nitrogens with zero attached hydrogens (tertiary/aromatic N) is 3. The van der Waals surface area contributed by atoms with Gasteiger partial charge >= 0.3 is 0 Å². The van der Waals surface area contributed by atoms with Crippen LogP contribution in [0.25, 0.3) is 11.1 Å². The van der Waals surface area contributed by atoms with Gasteiger partial charge in [0.2, 0.25) is 11.8 Å². The quantitative estimate of drug-likeness (QED) is 0.0952. The molecule has 3 saturated heterocycles. The van der Waals surface area contributed by atoms with Crippen LogP contribution in [-0.2, 0) is 16.1 Å². The second-order valence-electron chi connectivity index (χ2n) is 18.8. The Morgan fingerprint density at radius 3 is 2.15 bits per heavy atom. The smallest absolute Gasteiger partial charge is 0.255 e. The van der Waals surface area contributed by atoms with Crippen LogP contribution in [0.2, 0.25) is 0 Å². The summed E-state index contributed by atoms with van der Waals surface area (Å²) in [7, 11) is 0. The second-order valence-corrected chi connectivity index (χ2v) is 18.8. The number of hydrogen-bond donors (Lipinski definition) is 3. The van der Waals surface area contributed by atoms with Gasteiger partial charge in [0, 0.05) is 63.2 Å². The van der Waals surface area contributed by atoms with Gasteiger partial charge in [-0.2, -0.15) is 0 Å². The van der Waals surface area contributed by atoms with Crippen molar-refractivity contribution < 1.29 is 29.0 Å². The van der Waals surface area contributed by atoms with Crippen molar-refractivity contribution in [3.05, 3.63) is 125 Å². The molecule has 9 rings (SSSR count). The van der Waals surface area contributed by atoms with E-state index < -0.39 is 11.9 Å². The number of ether oxygens (including phenoxy) is 2. The molecule has 0 radical (unpaired) electrons. The average Bonchev–Trinajstić information content (AvgIpc) is 3.70. The number of carbonyl (C=O) groups is 3. The van der Waals surface area contributed by atoms with Gasteiger partial charge in [0.05, 0.1) is 6.17 Å². The predicted octanol–water partition coefficient (Wildman–Crippen LogP) is 8.41. The first-order valence-electron chi connectivity index (χ1n) is 24.2. The molecule has 0 aromatic heterocycles. The van der Waals surface area contributed by atoms with E-state index in [2.05, 4.69) is 75.9 Å². The Balaban J connectivity index is 0.804. The number of aromatic hydroxyl groups is 1. The van der Waals surface area contributed by atoms with E-state index in [0.29, 0.717) is 31.3 Å². The molecule has 11 nitrogen and oxygen atoms in total. The molecule has 0 bridgehead atoms. The van der Waals surface area contributed by atoms with Crippen LogP contribution in [0.3, 0.4) is 0 Å². The maximum absolute atomic E-state index is 13.4. The monoisotopic (exact) mass is 879 g/mol. The molecule has 4 fully saturated rings. The number of piperidine rings is 2. The lowest BCUT2D eigenvalue weighted by atomic mass is 9.68. The van der Waals surface area contributed by atoms with E-state index in [1.54, 1.807) is 17.0 Å². The summed E-state index contributed by atoms with van der Waals surface area (Å²) < 4.78 is 13.3. The molecule has 5 aliphatic rings. The number of allylic oxidation sites excluding steroid dienone is 1. The topological polar surface area (TPSA) is 124 Å². The van der Waals surface area contributed by atoms with E-state index in [0.717, 1.165) is 98.7 Å². The molecule has 4 aromatic rings. The van der Waals surface area contributed by atoms with E-state index in [9.17, 15) is 19.5 Å². The van der Waals surface area contributed by atoms with E-state index in [-0.39, 0.29) is 35.5 Å². The third-order valence-electron chi connectivity index (χ3n) is 14.8. The molecule has 1 saturated carbocycles. The molecule has 3 atom stereocenters. The zero-order valence-corrected chi connectivity index (χ0v) is 37.9. The number of rotatable bonds is 12. The lowest BCUT2D eigenvalue weighted by Crippen LogP contribution is -2.63. The van der Waals surface area contributed by atoms with E-state index in [4.69, 9.17) is 9.47 Å². The normalized spacial score (nSPS) is 23.5. The zero-order chi connectivity index (χ0) is 44.8. The van der Waals surface area contributed by atoms with Crippen LogP contribution >= 0.6 is 0 Å². The number of amides is 3. The molecule has 4 heterocycles. The summed E-state index contributed by atoms with van der Waals surface area (Å²) in [6, 6.07) is 31.6. The van der Waals surface area contributed by atoms with Crippen molar-refractivity contribution >= 4 is 28.9 Å². The maximum atomic E-state index is 13.4. The van der Waals surface area contributed by atoms with Gasteiger partial charge in [0.15, 0.2) is 0 Å². The van der Waals surface area contributed by atoms with Gasteiger partial charge in [-0.15, -0.1) is 0 Å². The number of imide groups is 1. The summed E-state index contributed by atoms with van der Waals surface area (Å²) in [5.41, 5.74) is 7.34. The number of benzene rings is 4. The first kappa shape index (κ1) is 44.7. The Labute approximate surface area is 384 Å². The van der Waals surface area contributed by atoms with Gasteiger partial charge in [-0.25, -0.2) is 0 Å². The highest BCUT2D eigenvalue weighted by Gasteiger charge is 2.47. The summed E-state index contributed by atoms with van der Waals surface area (Å²) >= 11 is 0. The predicted molar refractivity (Wildman–Crippen MR) is 253 cm³/mol. The molecule has 1 spiro atoms.